The normalized spacial score (nSPS) is 18.1. The third-order valence-electron chi connectivity index (χ3n) is 2.16. The second kappa shape index (κ2) is 3.21. The van der Waals surface area contributed by atoms with Crippen molar-refractivity contribution in [2.75, 3.05) is 0 Å². The molecule has 1 aromatic rings. The highest BCUT2D eigenvalue weighted by Crippen LogP contribution is 2.35. The zero-order valence-electron chi connectivity index (χ0n) is 7.12. The fourth-order valence-corrected chi connectivity index (χ4v) is 2.85. The molecule has 0 saturated heterocycles. The van der Waals surface area contributed by atoms with Crippen molar-refractivity contribution in [1.82, 2.24) is 0 Å². The summed E-state index contributed by atoms with van der Waals surface area (Å²) in [5.74, 6) is -4.92. The van der Waals surface area contributed by atoms with Gasteiger partial charge in [0.05, 0.1) is 0 Å². The molecule has 15 heavy (non-hydrogen) atoms. The van der Waals surface area contributed by atoms with Crippen LogP contribution >= 0.6 is 31.9 Å². The second-order valence-electron chi connectivity index (χ2n) is 3.14. The summed E-state index contributed by atoms with van der Waals surface area (Å²) in [5, 5.41) is 18.6. The Morgan fingerprint density at radius 1 is 1.07 bits per heavy atom. The maximum atomic E-state index is 11.5. The molecule has 0 atom stereocenters. The van der Waals surface area contributed by atoms with Gasteiger partial charge in [-0.1, -0.05) is 15.9 Å². The Morgan fingerprint density at radius 3 is 2.27 bits per heavy atom. The van der Waals surface area contributed by atoms with Crippen molar-refractivity contribution in [3.8, 4) is 0 Å². The van der Waals surface area contributed by atoms with Crippen LogP contribution in [0, 0.1) is 0 Å². The van der Waals surface area contributed by atoms with E-state index in [1.165, 1.54) is 6.07 Å². The van der Waals surface area contributed by atoms with Crippen molar-refractivity contribution in [2.45, 2.75) is 5.79 Å². The van der Waals surface area contributed by atoms with Gasteiger partial charge < -0.3 is 10.2 Å². The van der Waals surface area contributed by atoms with Gasteiger partial charge in [-0.25, -0.2) is 0 Å². The lowest BCUT2D eigenvalue weighted by Gasteiger charge is -2.08. The first kappa shape index (κ1) is 10.9. The van der Waals surface area contributed by atoms with Crippen LogP contribution in [0.4, 0.5) is 0 Å². The SMILES string of the molecule is O=C1c2cc(Br)cc(Br)c2C(=O)C1(O)O. The molecule has 0 saturated carbocycles. The van der Waals surface area contributed by atoms with Gasteiger partial charge >= 0.3 is 0 Å². The summed E-state index contributed by atoms with van der Waals surface area (Å²) in [4.78, 5) is 23.0. The molecule has 2 rings (SSSR count). The number of carbonyl (C=O) groups excluding carboxylic acids is 2. The van der Waals surface area contributed by atoms with Crippen molar-refractivity contribution < 1.29 is 19.8 Å². The molecule has 6 heteroatoms. The summed E-state index contributed by atoms with van der Waals surface area (Å²) >= 11 is 6.24. The third-order valence-corrected chi connectivity index (χ3v) is 3.24. The number of aliphatic hydroxyl groups is 2. The van der Waals surface area contributed by atoms with E-state index >= 15 is 0 Å². The zero-order valence-corrected chi connectivity index (χ0v) is 10.3. The molecular weight excluding hydrogens is 332 g/mol. The Kier molecular flexibility index (Phi) is 2.34. The largest absolute Gasteiger partial charge is 0.353 e. The minimum Gasteiger partial charge on any atom is -0.353 e. The minimum absolute atomic E-state index is 0.00579. The number of fused-ring (bicyclic) bond motifs is 1. The van der Waals surface area contributed by atoms with E-state index in [1.807, 2.05) is 0 Å². The Hall–Kier alpha value is -0.560. The molecule has 0 bridgehead atoms. The van der Waals surface area contributed by atoms with E-state index in [2.05, 4.69) is 31.9 Å². The molecule has 0 unspecified atom stereocenters. The van der Waals surface area contributed by atoms with Crippen LogP contribution in [0.2, 0.25) is 0 Å². The molecule has 0 spiro atoms. The van der Waals surface area contributed by atoms with Gasteiger partial charge in [0.25, 0.3) is 5.79 Å². The molecule has 1 aromatic carbocycles. The van der Waals surface area contributed by atoms with Crippen molar-refractivity contribution >= 4 is 43.4 Å². The zero-order chi connectivity index (χ0) is 11.4. The van der Waals surface area contributed by atoms with Gasteiger partial charge in [-0.05, 0) is 28.1 Å². The van der Waals surface area contributed by atoms with Crippen LogP contribution < -0.4 is 0 Å². The number of Topliss-reactive ketones (excluding diaryl/α,β-unsaturated/α-hetero) is 2. The molecule has 78 valence electrons. The Morgan fingerprint density at radius 2 is 1.67 bits per heavy atom. The molecule has 0 aliphatic heterocycles. The van der Waals surface area contributed by atoms with Crippen molar-refractivity contribution in [3.63, 3.8) is 0 Å². The van der Waals surface area contributed by atoms with E-state index in [0.29, 0.717) is 8.95 Å². The average Bonchev–Trinajstić information content (AvgIpc) is 2.28. The predicted octanol–water partition coefficient (Wildman–Crippen LogP) is 1.27. The maximum absolute atomic E-state index is 11.5. The predicted molar refractivity (Wildman–Crippen MR) is 57.7 cm³/mol. The first-order valence-electron chi connectivity index (χ1n) is 3.89. The number of ketones is 2. The molecule has 0 amide bonds. The standard InChI is InChI=1S/C9H4Br2O4/c10-3-1-4-6(5(11)2-3)8(13)9(14,15)7(4)12/h1-2,14-15H. The Bertz CT molecular complexity index is 493. The highest BCUT2D eigenvalue weighted by atomic mass is 79.9. The summed E-state index contributed by atoms with van der Waals surface area (Å²) in [6.45, 7) is 0. The molecule has 0 radical (unpaired) electrons. The van der Waals surface area contributed by atoms with Gasteiger partial charge in [0, 0.05) is 20.1 Å². The number of halogens is 2. The lowest BCUT2D eigenvalue weighted by molar-refractivity contribution is -0.0857. The summed E-state index contributed by atoms with van der Waals surface area (Å²) < 4.78 is 0.933. The molecule has 4 nitrogen and oxygen atoms in total. The molecule has 0 heterocycles. The highest BCUT2D eigenvalue weighted by molar-refractivity contribution is 9.11. The maximum Gasteiger partial charge on any atom is 0.295 e. The number of carbonyl (C=O) groups is 2. The fraction of sp³-hybridized carbons (Fsp3) is 0.111. The number of rotatable bonds is 0. The van der Waals surface area contributed by atoms with Crippen molar-refractivity contribution in [1.29, 1.82) is 0 Å². The van der Waals surface area contributed by atoms with Crippen LogP contribution in [0.1, 0.15) is 20.7 Å². The van der Waals surface area contributed by atoms with Crippen LogP contribution in [0.5, 0.6) is 0 Å². The summed E-state index contributed by atoms with van der Waals surface area (Å²) in [5.41, 5.74) is 0.0134. The van der Waals surface area contributed by atoms with Crippen molar-refractivity contribution in [2.24, 2.45) is 0 Å². The van der Waals surface area contributed by atoms with E-state index in [0.717, 1.165) is 0 Å². The third kappa shape index (κ3) is 1.40. The van der Waals surface area contributed by atoms with Gasteiger partial charge in [0.15, 0.2) is 0 Å². The molecule has 1 aliphatic carbocycles. The molecule has 1 aliphatic rings. The Labute approximate surface area is 101 Å². The van der Waals surface area contributed by atoms with Crippen LogP contribution in [-0.2, 0) is 0 Å². The summed E-state index contributed by atoms with van der Waals surface area (Å²) in [7, 11) is 0. The first-order valence-corrected chi connectivity index (χ1v) is 5.47. The van der Waals surface area contributed by atoms with Gasteiger partial charge in [-0.3, -0.25) is 9.59 Å². The van der Waals surface area contributed by atoms with Crippen molar-refractivity contribution in [3.05, 3.63) is 32.2 Å². The highest BCUT2D eigenvalue weighted by Gasteiger charge is 2.51. The molecule has 0 fully saturated rings. The Balaban J connectivity index is 2.79. The average molecular weight is 336 g/mol. The van der Waals surface area contributed by atoms with Crippen LogP contribution in [0.3, 0.4) is 0 Å². The fourth-order valence-electron chi connectivity index (χ4n) is 1.45. The lowest BCUT2D eigenvalue weighted by atomic mass is 10.1. The van der Waals surface area contributed by atoms with Gasteiger partial charge in [0.2, 0.25) is 11.6 Å². The minimum atomic E-state index is -2.92. The quantitative estimate of drug-likeness (QED) is 0.553. The van der Waals surface area contributed by atoms with Crippen LogP contribution in [-0.4, -0.2) is 27.6 Å². The molecule has 2 N–H and O–H groups in total. The smallest absolute Gasteiger partial charge is 0.295 e. The van der Waals surface area contributed by atoms with Crippen LogP contribution in [0.15, 0.2) is 21.1 Å². The number of hydrogen-bond acceptors (Lipinski definition) is 4. The van der Waals surface area contributed by atoms with E-state index in [1.54, 1.807) is 6.07 Å². The second-order valence-corrected chi connectivity index (χ2v) is 4.91. The van der Waals surface area contributed by atoms with E-state index in [4.69, 9.17) is 0 Å². The molecule has 0 aromatic heterocycles. The first-order chi connectivity index (χ1) is 6.85. The lowest BCUT2D eigenvalue weighted by Crippen LogP contribution is -2.40. The van der Waals surface area contributed by atoms with Gasteiger partial charge in [-0.2, -0.15) is 0 Å². The van der Waals surface area contributed by atoms with Gasteiger partial charge in [0.1, 0.15) is 0 Å². The van der Waals surface area contributed by atoms with Crippen LogP contribution in [0.25, 0.3) is 0 Å². The topological polar surface area (TPSA) is 74.6 Å². The van der Waals surface area contributed by atoms with E-state index in [-0.39, 0.29) is 11.1 Å². The monoisotopic (exact) mass is 334 g/mol. The number of benzene rings is 1. The van der Waals surface area contributed by atoms with E-state index < -0.39 is 17.4 Å². The molecular formula is C9H4Br2O4. The van der Waals surface area contributed by atoms with E-state index in [9.17, 15) is 19.8 Å². The summed E-state index contributed by atoms with van der Waals surface area (Å²) in [6, 6.07) is 2.94. The summed E-state index contributed by atoms with van der Waals surface area (Å²) in [6.07, 6.45) is 0. The number of hydrogen-bond donors (Lipinski definition) is 2. The van der Waals surface area contributed by atoms with Gasteiger partial charge in [-0.15, -0.1) is 0 Å².